The molecule has 0 bridgehead atoms. The van der Waals surface area contributed by atoms with Gasteiger partial charge in [0.2, 0.25) is 0 Å². The van der Waals surface area contributed by atoms with Crippen molar-refractivity contribution in [1.82, 2.24) is 10.2 Å². The number of nitrogens with zero attached hydrogens (tertiary/aromatic N) is 1. The summed E-state index contributed by atoms with van der Waals surface area (Å²) in [6, 6.07) is 4.20. The third-order valence-electron chi connectivity index (χ3n) is 1.77. The first-order valence-corrected chi connectivity index (χ1v) is 4.45. The third-order valence-corrected chi connectivity index (χ3v) is 2.71. The molecule has 2 aromatic rings. The molecular formula is C8H7IN2. The Morgan fingerprint density at radius 1 is 1.45 bits per heavy atom. The van der Waals surface area contributed by atoms with Gasteiger partial charge in [-0.2, -0.15) is 5.10 Å². The van der Waals surface area contributed by atoms with E-state index >= 15 is 0 Å². The molecular weight excluding hydrogens is 251 g/mol. The molecule has 2 nitrogen and oxygen atoms in total. The molecule has 0 aliphatic carbocycles. The van der Waals surface area contributed by atoms with Gasteiger partial charge in [-0.25, -0.2) is 0 Å². The first-order chi connectivity index (χ1) is 5.29. The average molecular weight is 258 g/mol. The lowest BCUT2D eigenvalue weighted by molar-refractivity contribution is 1.11. The number of aromatic amines is 1. The van der Waals surface area contributed by atoms with Crippen LogP contribution in [-0.2, 0) is 0 Å². The minimum absolute atomic E-state index is 1.15. The summed E-state index contributed by atoms with van der Waals surface area (Å²) in [6.07, 6.45) is 1.87. The van der Waals surface area contributed by atoms with Gasteiger partial charge in [0, 0.05) is 8.96 Å². The number of benzene rings is 1. The lowest BCUT2D eigenvalue weighted by atomic mass is 10.2. The predicted molar refractivity (Wildman–Crippen MR) is 53.5 cm³/mol. The van der Waals surface area contributed by atoms with Crippen LogP contribution in [0.2, 0.25) is 0 Å². The van der Waals surface area contributed by atoms with E-state index in [1.165, 1.54) is 14.5 Å². The molecule has 0 fully saturated rings. The summed E-state index contributed by atoms with van der Waals surface area (Å²) < 4.78 is 1.25. The van der Waals surface area contributed by atoms with E-state index in [0.717, 1.165) is 5.52 Å². The second kappa shape index (κ2) is 2.48. The zero-order valence-corrected chi connectivity index (χ0v) is 8.21. The van der Waals surface area contributed by atoms with Gasteiger partial charge in [0.25, 0.3) is 0 Å². The number of fused-ring (bicyclic) bond motifs is 1. The highest BCUT2D eigenvalue weighted by Crippen LogP contribution is 2.20. The molecule has 1 N–H and O–H groups in total. The molecule has 0 saturated carbocycles. The van der Waals surface area contributed by atoms with Gasteiger partial charge >= 0.3 is 0 Å². The van der Waals surface area contributed by atoms with Crippen LogP contribution in [0.3, 0.4) is 0 Å². The monoisotopic (exact) mass is 258 g/mol. The molecule has 0 saturated heterocycles. The topological polar surface area (TPSA) is 28.7 Å². The fourth-order valence-electron chi connectivity index (χ4n) is 1.14. The van der Waals surface area contributed by atoms with E-state index in [2.05, 4.69) is 51.8 Å². The summed E-state index contributed by atoms with van der Waals surface area (Å²) in [6.45, 7) is 2.08. The van der Waals surface area contributed by atoms with Crippen LogP contribution in [0.4, 0.5) is 0 Å². The van der Waals surface area contributed by atoms with Crippen molar-refractivity contribution < 1.29 is 0 Å². The summed E-state index contributed by atoms with van der Waals surface area (Å²) in [5, 5.41) is 8.18. The minimum Gasteiger partial charge on any atom is -0.278 e. The molecule has 2 rings (SSSR count). The van der Waals surface area contributed by atoms with Crippen LogP contribution in [-0.4, -0.2) is 10.2 Å². The first-order valence-electron chi connectivity index (χ1n) is 3.37. The Balaban J connectivity index is 2.96. The van der Waals surface area contributed by atoms with Crippen LogP contribution in [0.15, 0.2) is 18.3 Å². The second-order valence-corrected chi connectivity index (χ2v) is 3.69. The largest absolute Gasteiger partial charge is 0.278 e. The molecule has 1 heterocycles. The fraction of sp³-hybridized carbons (Fsp3) is 0.125. The van der Waals surface area contributed by atoms with Crippen molar-refractivity contribution in [2.24, 2.45) is 0 Å². The number of hydrogen-bond acceptors (Lipinski definition) is 1. The molecule has 1 aromatic carbocycles. The number of hydrogen-bond donors (Lipinski definition) is 1. The SMILES string of the molecule is Cc1ccc(I)c2cn[nH]c12. The molecule has 3 heteroatoms. The van der Waals surface area contributed by atoms with Gasteiger partial charge < -0.3 is 0 Å². The van der Waals surface area contributed by atoms with Gasteiger partial charge in [0.15, 0.2) is 0 Å². The number of H-pyrrole nitrogens is 1. The summed E-state index contributed by atoms with van der Waals surface area (Å²) in [5.41, 5.74) is 2.40. The Kier molecular flexibility index (Phi) is 1.60. The van der Waals surface area contributed by atoms with Gasteiger partial charge in [-0.1, -0.05) is 6.07 Å². The van der Waals surface area contributed by atoms with Crippen LogP contribution in [0, 0.1) is 10.5 Å². The van der Waals surface area contributed by atoms with E-state index in [-0.39, 0.29) is 0 Å². The minimum atomic E-state index is 1.15. The molecule has 1 aromatic heterocycles. The quantitative estimate of drug-likeness (QED) is 0.722. The summed E-state index contributed by atoms with van der Waals surface area (Å²) in [4.78, 5) is 0. The van der Waals surface area contributed by atoms with E-state index in [1.54, 1.807) is 0 Å². The van der Waals surface area contributed by atoms with Crippen molar-refractivity contribution in [3.63, 3.8) is 0 Å². The maximum absolute atomic E-state index is 3.99. The third kappa shape index (κ3) is 1.03. The van der Waals surface area contributed by atoms with Crippen molar-refractivity contribution in [1.29, 1.82) is 0 Å². The van der Waals surface area contributed by atoms with Gasteiger partial charge in [0.1, 0.15) is 0 Å². The first kappa shape index (κ1) is 7.09. The zero-order chi connectivity index (χ0) is 7.84. The highest BCUT2D eigenvalue weighted by atomic mass is 127. The van der Waals surface area contributed by atoms with Crippen LogP contribution in [0.25, 0.3) is 10.9 Å². The zero-order valence-electron chi connectivity index (χ0n) is 6.06. The van der Waals surface area contributed by atoms with Crippen LogP contribution < -0.4 is 0 Å². The van der Waals surface area contributed by atoms with Crippen molar-refractivity contribution in [2.75, 3.05) is 0 Å². The summed E-state index contributed by atoms with van der Waals surface area (Å²) >= 11 is 2.31. The van der Waals surface area contributed by atoms with Crippen molar-refractivity contribution in [2.45, 2.75) is 6.92 Å². The smallest absolute Gasteiger partial charge is 0.0690 e. The Morgan fingerprint density at radius 2 is 2.27 bits per heavy atom. The predicted octanol–water partition coefficient (Wildman–Crippen LogP) is 2.48. The Labute approximate surface area is 78.1 Å². The molecule has 11 heavy (non-hydrogen) atoms. The Bertz CT molecular complexity index is 356. The van der Waals surface area contributed by atoms with Crippen molar-refractivity contribution in [3.05, 3.63) is 27.5 Å². The highest BCUT2D eigenvalue weighted by molar-refractivity contribution is 14.1. The normalized spacial score (nSPS) is 10.7. The molecule has 0 spiro atoms. The number of nitrogens with one attached hydrogen (secondary N) is 1. The Hall–Kier alpha value is -0.580. The number of aromatic nitrogens is 2. The lowest BCUT2D eigenvalue weighted by Gasteiger charge is -1.95. The maximum atomic E-state index is 3.99. The molecule has 0 aliphatic heterocycles. The second-order valence-electron chi connectivity index (χ2n) is 2.52. The van der Waals surface area contributed by atoms with Crippen LogP contribution in [0.1, 0.15) is 5.56 Å². The average Bonchev–Trinajstić information content (AvgIpc) is 2.45. The molecule has 0 aliphatic rings. The number of halogens is 1. The van der Waals surface area contributed by atoms with Gasteiger partial charge in [-0.05, 0) is 41.1 Å². The molecule has 0 unspecified atom stereocenters. The number of aryl methyl sites for hydroxylation is 1. The van der Waals surface area contributed by atoms with E-state index in [1.807, 2.05) is 6.20 Å². The van der Waals surface area contributed by atoms with E-state index in [9.17, 15) is 0 Å². The van der Waals surface area contributed by atoms with Crippen molar-refractivity contribution >= 4 is 33.5 Å². The molecule has 0 radical (unpaired) electrons. The molecule has 56 valence electrons. The summed E-state index contributed by atoms with van der Waals surface area (Å²) in [7, 11) is 0. The van der Waals surface area contributed by atoms with Gasteiger partial charge in [-0.15, -0.1) is 0 Å². The number of rotatable bonds is 0. The van der Waals surface area contributed by atoms with E-state index < -0.39 is 0 Å². The van der Waals surface area contributed by atoms with Crippen LogP contribution in [0.5, 0.6) is 0 Å². The maximum Gasteiger partial charge on any atom is 0.0690 e. The highest BCUT2D eigenvalue weighted by Gasteiger charge is 2.01. The van der Waals surface area contributed by atoms with Gasteiger partial charge in [0.05, 0.1) is 11.7 Å². The van der Waals surface area contributed by atoms with E-state index in [4.69, 9.17) is 0 Å². The molecule has 0 amide bonds. The fourth-order valence-corrected chi connectivity index (χ4v) is 1.73. The molecule has 0 atom stereocenters. The Morgan fingerprint density at radius 3 is 3.00 bits per heavy atom. The van der Waals surface area contributed by atoms with E-state index in [0.29, 0.717) is 0 Å². The standard InChI is InChI=1S/C8H7IN2/c1-5-2-3-7(9)6-4-10-11-8(5)6/h2-4H,1H3,(H,10,11). The van der Waals surface area contributed by atoms with Gasteiger partial charge in [-0.3, -0.25) is 5.10 Å². The van der Waals surface area contributed by atoms with Crippen molar-refractivity contribution in [3.8, 4) is 0 Å². The summed E-state index contributed by atoms with van der Waals surface area (Å²) in [5.74, 6) is 0. The lowest BCUT2D eigenvalue weighted by Crippen LogP contribution is -1.78. The van der Waals surface area contributed by atoms with Crippen LogP contribution >= 0.6 is 22.6 Å².